The van der Waals surface area contributed by atoms with E-state index in [0.717, 1.165) is 11.1 Å². The Balaban J connectivity index is 1.22. The van der Waals surface area contributed by atoms with E-state index < -0.39 is 0 Å². The van der Waals surface area contributed by atoms with E-state index in [0.29, 0.717) is 29.9 Å². The van der Waals surface area contributed by atoms with Crippen LogP contribution in [-0.4, -0.2) is 21.7 Å². The highest BCUT2D eigenvalue weighted by atomic mass is 19.1. The number of hydrogen-bond acceptors (Lipinski definition) is 3. The summed E-state index contributed by atoms with van der Waals surface area (Å²) in [6.45, 7) is 1.17. The minimum atomic E-state index is -0.362. The van der Waals surface area contributed by atoms with Gasteiger partial charge in [0.15, 0.2) is 0 Å². The van der Waals surface area contributed by atoms with Crippen molar-refractivity contribution in [1.82, 2.24) is 20.4 Å². The average Bonchev–Trinajstić information content (AvgIpc) is 3.36. The molecule has 1 heterocycles. The highest BCUT2D eigenvalue weighted by Gasteiger charge is 2.08. The molecule has 0 saturated heterocycles. The quantitative estimate of drug-likeness (QED) is 0.368. The molecule has 0 fully saturated rings. The zero-order chi connectivity index (χ0) is 23.8. The van der Waals surface area contributed by atoms with Crippen molar-refractivity contribution < 1.29 is 14.0 Å². The molecule has 3 N–H and O–H groups in total. The summed E-state index contributed by atoms with van der Waals surface area (Å²) >= 11 is 0. The summed E-state index contributed by atoms with van der Waals surface area (Å²) in [6, 6.07) is 22.3. The van der Waals surface area contributed by atoms with Crippen molar-refractivity contribution in [3.05, 3.63) is 119 Å². The SMILES string of the molecule is O=C(NCc1ccc(Cn2cccn2)cc1)Nc1ccc(C(=O)NCc2ccccc2F)cc1. The van der Waals surface area contributed by atoms with Crippen LogP contribution in [0.4, 0.5) is 14.9 Å². The van der Waals surface area contributed by atoms with Crippen molar-refractivity contribution in [1.29, 1.82) is 0 Å². The number of amides is 3. The van der Waals surface area contributed by atoms with Gasteiger partial charge in [0.25, 0.3) is 5.91 Å². The van der Waals surface area contributed by atoms with Gasteiger partial charge in [0.05, 0.1) is 6.54 Å². The number of aromatic nitrogens is 2. The van der Waals surface area contributed by atoms with Crippen LogP contribution < -0.4 is 16.0 Å². The largest absolute Gasteiger partial charge is 0.348 e. The zero-order valence-corrected chi connectivity index (χ0v) is 18.4. The highest BCUT2D eigenvalue weighted by Crippen LogP contribution is 2.11. The summed E-state index contributed by atoms with van der Waals surface area (Å²) in [4.78, 5) is 24.5. The van der Waals surface area contributed by atoms with Crippen LogP contribution in [0.3, 0.4) is 0 Å². The first-order valence-electron chi connectivity index (χ1n) is 10.8. The molecule has 0 aliphatic heterocycles. The topological polar surface area (TPSA) is 88.1 Å². The van der Waals surface area contributed by atoms with Gasteiger partial charge >= 0.3 is 6.03 Å². The van der Waals surface area contributed by atoms with Gasteiger partial charge in [-0.15, -0.1) is 0 Å². The van der Waals surface area contributed by atoms with Crippen molar-refractivity contribution in [2.75, 3.05) is 5.32 Å². The molecule has 0 spiro atoms. The molecule has 4 aromatic rings. The number of carbonyl (C=O) groups excluding carboxylic acids is 2. The smallest absolute Gasteiger partial charge is 0.319 e. The summed E-state index contributed by atoms with van der Waals surface area (Å²) < 4.78 is 15.5. The third-order valence-corrected chi connectivity index (χ3v) is 5.18. The molecule has 3 aromatic carbocycles. The Hall–Kier alpha value is -4.46. The number of rotatable bonds is 8. The zero-order valence-electron chi connectivity index (χ0n) is 18.4. The van der Waals surface area contributed by atoms with Gasteiger partial charge in [0.2, 0.25) is 0 Å². The second-order valence-corrected chi connectivity index (χ2v) is 7.68. The first kappa shape index (κ1) is 22.7. The van der Waals surface area contributed by atoms with E-state index >= 15 is 0 Å². The standard InChI is InChI=1S/C26H24FN5O2/c27-24-5-2-1-4-22(24)17-28-25(33)21-10-12-23(13-11-21)31-26(34)29-16-19-6-8-20(9-7-19)18-32-15-3-14-30-32/h1-15H,16-18H2,(H,28,33)(H2,29,31,34). The third kappa shape index (κ3) is 6.29. The molecule has 0 radical (unpaired) electrons. The van der Waals surface area contributed by atoms with Crippen LogP contribution in [0.15, 0.2) is 91.3 Å². The summed E-state index contributed by atoms with van der Waals surface area (Å²) in [7, 11) is 0. The lowest BCUT2D eigenvalue weighted by Gasteiger charge is -2.10. The van der Waals surface area contributed by atoms with Crippen LogP contribution >= 0.6 is 0 Å². The number of halogens is 1. The lowest BCUT2D eigenvalue weighted by atomic mass is 10.1. The monoisotopic (exact) mass is 457 g/mol. The van der Waals surface area contributed by atoms with Crippen LogP contribution in [0.1, 0.15) is 27.0 Å². The molecular weight excluding hydrogens is 433 g/mol. The molecule has 0 bridgehead atoms. The van der Waals surface area contributed by atoms with Crippen LogP contribution in [0.5, 0.6) is 0 Å². The van der Waals surface area contributed by atoms with Crippen LogP contribution in [0.25, 0.3) is 0 Å². The van der Waals surface area contributed by atoms with Gasteiger partial charge in [-0.2, -0.15) is 5.10 Å². The maximum absolute atomic E-state index is 13.7. The van der Waals surface area contributed by atoms with Crippen molar-refractivity contribution in [2.45, 2.75) is 19.6 Å². The molecule has 0 aliphatic rings. The van der Waals surface area contributed by atoms with Gasteiger partial charge in [0, 0.05) is 42.3 Å². The average molecular weight is 458 g/mol. The fraction of sp³-hybridized carbons (Fsp3) is 0.115. The Morgan fingerprint density at radius 1 is 0.824 bits per heavy atom. The lowest BCUT2D eigenvalue weighted by molar-refractivity contribution is 0.0950. The highest BCUT2D eigenvalue weighted by molar-refractivity contribution is 5.95. The maximum atomic E-state index is 13.7. The van der Waals surface area contributed by atoms with Crippen LogP contribution in [-0.2, 0) is 19.6 Å². The van der Waals surface area contributed by atoms with Crippen molar-refractivity contribution in [3.63, 3.8) is 0 Å². The molecular formula is C26H24FN5O2. The molecule has 4 rings (SSSR count). The van der Waals surface area contributed by atoms with E-state index in [4.69, 9.17) is 0 Å². The van der Waals surface area contributed by atoms with E-state index in [1.807, 2.05) is 41.2 Å². The Labute approximate surface area is 196 Å². The minimum absolute atomic E-state index is 0.0954. The molecule has 8 heteroatoms. The predicted molar refractivity (Wildman–Crippen MR) is 128 cm³/mol. The third-order valence-electron chi connectivity index (χ3n) is 5.18. The van der Waals surface area contributed by atoms with E-state index in [1.54, 1.807) is 48.7 Å². The fourth-order valence-corrected chi connectivity index (χ4v) is 3.33. The molecule has 172 valence electrons. The number of anilines is 1. The summed E-state index contributed by atoms with van der Waals surface area (Å²) in [5.74, 6) is -0.686. The molecule has 34 heavy (non-hydrogen) atoms. The lowest BCUT2D eigenvalue weighted by Crippen LogP contribution is -2.28. The number of nitrogens with zero attached hydrogens (tertiary/aromatic N) is 2. The molecule has 0 saturated carbocycles. The van der Waals surface area contributed by atoms with Crippen LogP contribution in [0, 0.1) is 5.82 Å². The molecule has 0 unspecified atom stereocenters. The second kappa shape index (κ2) is 10.9. The van der Waals surface area contributed by atoms with E-state index in [1.165, 1.54) is 6.07 Å². The number of hydrogen-bond donors (Lipinski definition) is 3. The predicted octanol–water partition coefficient (Wildman–Crippen LogP) is 4.32. The number of nitrogens with one attached hydrogen (secondary N) is 3. The molecule has 3 amide bonds. The van der Waals surface area contributed by atoms with Gasteiger partial charge < -0.3 is 16.0 Å². The van der Waals surface area contributed by atoms with Crippen molar-refractivity contribution >= 4 is 17.6 Å². The molecule has 1 aromatic heterocycles. The van der Waals surface area contributed by atoms with E-state index in [9.17, 15) is 14.0 Å². The van der Waals surface area contributed by atoms with Gasteiger partial charge in [-0.3, -0.25) is 9.48 Å². The Morgan fingerprint density at radius 2 is 1.56 bits per heavy atom. The van der Waals surface area contributed by atoms with Gasteiger partial charge in [-0.1, -0.05) is 42.5 Å². The normalized spacial score (nSPS) is 10.5. The summed E-state index contributed by atoms with van der Waals surface area (Å²) in [5, 5.41) is 12.4. The van der Waals surface area contributed by atoms with Crippen molar-refractivity contribution in [2.24, 2.45) is 0 Å². The van der Waals surface area contributed by atoms with Crippen LogP contribution in [0.2, 0.25) is 0 Å². The fourth-order valence-electron chi connectivity index (χ4n) is 3.33. The van der Waals surface area contributed by atoms with Gasteiger partial charge in [-0.25, -0.2) is 9.18 Å². The Morgan fingerprint density at radius 3 is 2.26 bits per heavy atom. The molecule has 0 atom stereocenters. The first-order valence-corrected chi connectivity index (χ1v) is 10.8. The van der Waals surface area contributed by atoms with Crippen molar-refractivity contribution in [3.8, 4) is 0 Å². The minimum Gasteiger partial charge on any atom is -0.348 e. The maximum Gasteiger partial charge on any atom is 0.319 e. The molecule has 7 nitrogen and oxygen atoms in total. The number of urea groups is 1. The number of carbonyl (C=O) groups is 2. The van der Waals surface area contributed by atoms with E-state index in [-0.39, 0.29) is 24.3 Å². The summed E-state index contributed by atoms with van der Waals surface area (Å²) in [5.41, 5.74) is 3.48. The molecule has 0 aliphatic carbocycles. The first-order chi connectivity index (χ1) is 16.6. The Kier molecular flexibility index (Phi) is 7.29. The van der Waals surface area contributed by atoms with Gasteiger partial charge in [-0.05, 0) is 47.5 Å². The van der Waals surface area contributed by atoms with E-state index in [2.05, 4.69) is 21.0 Å². The Bertz CT molecular complexity index is 1240. The van der Waals surface area contributed by atoms with Gasteiger partial charge in [0.1, 0.15) is 5.82 Å². The second-order valence-electron chi connectivity index (χ2n) is 7.68. The number of benzene rings is 3. The summed E-state index contributed by atoms with van der Waals surface area (Å²) in [6.07, 6.45) is 3.65.